The monoisotopic (exact) mass is 360 g/mol. The Labute approximate surface area is 156 Å². The molecule has 27 heavy (non-hydrogen) atoms. The molecule has 0 fully saturated rings. The average Bonchev–Trinajstić information content (AvgIpc) is 3.05. The first-order valence-corrected chi connectivity index (χ1v) is 8.73. The molecule has 0 atom stereocenters. The summed E-state index contributed by atoms with van der Waals surface area (Å²) < 4.78 is 2.95. The van der Waals surface area contributed by atoms with Crippen molar-refractivity contribution in [2.24, 2.45) is 0 Å². The number of aromatic nitrogens is 6. The van der Waals surface area contributed by atoms with Crippen molar-refractivity contribution in [3.63, 3.8) is 0 Å². The van der Waals surface area contributed by atoms with Gasteiger partial charge in [0, 0.05) is 16.8 Å². The van der Waals surface area contributed by atoms with Gasteiger partial charge in [0.05, 0.1) is 17.6 Å². The van der Waals surface area contributed by atoms with Crippen molar-refractivity contribution >= 4 is 10.9 Å². The zero-order valence-corrected chi connectivity index (χ0v) is 16.0. The minimum absolute atomic E-state index is 0.274. The van der Waals surface area contributed by atoms with Crippen LogP contribution in [0.1, 0.15) is 28.2 Å². The maximum atomic E-state index is 13.3. The normalized spacial score (nSPS) is 11.3. The fourth-order valence-electron chi connectivity index (χ4n) is 3.25. The number of fused-ring (bicyclic) bond motifs is 1. The summed E-state index contributed by atoms with van der Waals surface area (Å²) in [4.78, 5) is 22.1. The molecular weight excluding hydrogens is 340 g/mol. The van der Waals surface area contributed by atoms with Crippen molar-refractivity contribution in [1.82, 2.24) is 29.5 Å². The van der Waals surface area contributed by atoms with Crippen molar-refractivity contribution in [1.29, 1.82) is 0 Å². The molecule has 3 heterocycles. The molecule has 4 aromatic rings. The Bertz CT molecular complexity index is 1230. The van der Waals surface area contributed by atoms with Gasteiger partial charge in [0.15, 0.2) is 0 Å². The molecule has 4 rings (SSSR count). The van der Waals surface area contributed by atoms with E-state index in [0.717, 1.165) is 33.6 Å². The van der Waals surface area contributed by atoms with Crippen LogP contribution >= 0.6 is 0 Å². The molecule has 0 N–H and O–H groups in total. The molecule has 1 aromatic carbocycles. The van der Waals surface area contributed by atoms with Crippen molar-refractivity contribution in [3.8, 4) is 11.6 Å². The van der Waals surface area contributed by atoms with E-state index in [9.17, 15) is 4.79 Å². The Hall–Kier alpha value is -3.35. The van der Waals surface area contributed by atoms with Crippen LogP contribution in [0.25, 0.3) is 22.5 Å². The molecule has 0 bridgehead atoms. The molecule has 0 saturated carbocycles. The second-order valence-electron chi connectivity index (χ2n) is 6.79. The van der Waals surface area contributed by atoms with Crippen molar-refractivity contribution in [2.75, 3.05) is 0 Å². The Morgan fingerprint density at radius 2 is 1.63 bits per heavy atom. The van der Waals surface area contributed by atoms with Crippen molar-refractivity contribution in [2.45, 2.75) is 34.6 Å². The highest BCUT2D eigenvalue weighted by Gasteiger charge is 2.18. The van der Waals surface area contributed by atoms with E-state index in [-0.39, 0.29) is 11.5 Å². The lowest BCUT2D eigenvalue weighted by atomic mass is 10.1. The molecule has 0 spiro atoms. The maximum Gasteiger partial charge on any atom is 0.300 e. The van der Waals surface area contributed by atoms with Crippen LogP contribution in [-0.4, -0.2) is 29.5 Å². The molecule has 0 aliphatic carbocycles. The summed E-state index contributed by atoms with van der Waals surface area (Å²) >= 11 is 0. The van der Waals surface area contributed by atoms with Gasteiger partial charge in [0.25, 0.3) is 5.95 Å². The summed E-state index contributed by atoms with van der Waals surface area (Å²) in [7, 11) is 0. The third kappa shape index (κ3) is 2.71. The molecule has 7 heteroatoms. The minimum Gasteiger partial charge on any atom is -0.265 e. The van der Waals surface area contributed by atoms with Crippen LogP contribution < -0.4 is 5.56 Å². The van der Waals surface area contributed by atoms with E-state index < -0.39 is 0 Å². The first-order valence-electron chi connectivity index (χ1n) is 8.73. The summed E-state index contributed by atoms with van der Waals surface area (Å²) in [6, 6.07) is 7.83. The topological polar surface area (TPSA) is 78.5 Å². The number of nitrogens with zero attached hydrogens (tertiary/aromatic N) is 6. The van der Waals surface area contributed by atoms with Crippen LogP contribution in [0.5, 0.6) is 0 Å². The van der Waals surface area contributed by atoms with Crippen molar-refractivity contribution in [3.05, 3.63) is 69.0 Å². The Morgan fingerprint density at radius 1 is 0.926 bits per heavy atom. The molecule has 7 nitrogen and oxygen atoms in total. The number of hydrogen-bond donors (Lipinski definition) is 0. The van der Waals surface area contributed by atoms with Crippen LogP contribution in [0.15, 0.2) is 35.3 Å². The summed E-state index contributed by atoms with van der Waals surface area (Å²) in [5.41, 5.74) is 5.53. The predicted octanol–water partition coefficient (Wildman–Crippen LogP) is 2.90. The van der Waals surface area contributed by atoms with Crippen LogP contribution in [-0.2, 0) is 0 Å². The van der Waals surface area contributed by atoms with Crippen LogP contribution in [0.2, 0.25) is 0 Å². The molecule has 3 aromatic heterocycles. The lowest BCUT2D eigenvalue weighted by molar-refractivity contribution is 0.733. The van der Waals surface area contributed by atoms with E-state index >= 15 is 0 Å². The average molecular weight is 360 g/mol. The zero-order chi connectivity index (χ0) is 19.3. The molecule has 136 valence electrons. The van der Waals surface area contributed by atoms with Crippen LogP contribution in [0.3, 0.4) is 0 Å². The van der Waals surface area contributed by atoms with Gasteiger partial charge in [-0.05, 0) is 57.9 Å². The van der Waals surface area contributed by atoms with Gasteiger partial charge in [-0.15, -0.1) is 0 Å². The van der Waals surface area contributed by atoms with Gasteiger partial charge in [-0.3, -0.25) is 4.79 Å². The van der Waals surface area contributed by atoms with E-state index in [4.69, 9.17) is 0 Å². The van der Waals surface area contributed by atoms with E-state index in [1.165, 1.54) is 4.68 Å². The highest BCUT2D eigenvalue weighted by atomic mass is 16.1. The number of hydrogen-bond acceptors (Lipinski definition) is 5. The van der Waals surface area contributed by atoms with Crippen LogP contribution in [0, 0.1) is 34.6 Å². The van der Waals surface area contributed by atoms with Gasteiger partial charge >= 0.3 is 5.56 Å². The first kappa shape index (κ1) is 17.1. The van der Waals surface area contributed by atoms with Gasteiger partial charge in [-0.2, -0.15) is 14.9 Å². The molecule has 0 radical (unpaired) electrons. The fourth-order valence-corrected chi connectivity index (χ4v) is 3.25. The summed E-state index contributed by atoms with van der Waals surface area (Å²) in [6.07, 6.45) is 1.69. The molecule has 0 saturated heterocycles. The highest BCUT2D eigenvalue weighted by Crippen LogP contribution is 2.22. The Balaban J connectivity index is 2.07. The maximum absolute atomic E-state index is 13.3. The number of benzene rings is 1. The Kier molecular flexibility index (Phi) is 3.87. The predicted molar refractivity (Wildman–Crippen MR) is 104 cm³/mol. The number of rotatable bonds is 2. The largest absolute Gasteiger partial charge is 0.300 e. The highest BCUT2D eigenvalue weighted by molar-refractivity contribution is 5.81. The minimum atomic E-state index is -0.293. The first-order chi connectivity index (χ1) is 12.9. The van der Waals surface area contributed by atoms with Gasteiger partial charge < -0.3 is 0 Å². The second kappa shape index (κ2) is 6.12. The molecule has 0 aliphatic heterocycles. The smallest absolute Gasteiger partial charge is 0.265 e. The second-order valence-corrected chi connectivity index (χ2v) is 6.79. The summed E-state index contributed by atoms with van der Waals surface area (Å²) in [5, 5.41) is 9.63. The molecular formula is C20H20N6O. The third-order valence-corrected chi connectivity index (χ3v) is 4.77. The SMILES string of the molecule is Cc1cc(C)nc(-n2nc(C)c3cnn(-c4cccc(C)c4C)c3c2=O)n1. The molecule has 0 amide bonds. The lowest BCUT2D eigenvalue weighted by Crippen LogP contribution is -2.26. The standard InChI is InChI=1S/C20H20N6O/c1-11-7-6-8-17(14(11)4)25-18-16(10-21-25)15(5)24-26(19(18)27)20-22-12(2)9-13(3)23-20/h6-10H,1-5H3. The summed E-state index contributed by atoms with van der Waals surface area (Å²) in [6.45, 7) is 9.66. The van der Waals surface area contributed by atoms with Crippen LogP contribution in [0.4, 0.5) is 0 Å². The summed E-state index contributed by atoms with van der Waals surface area (Å²) in [5.74, 6) is 0.274. The van der Waals surface area contributed by atoms with E-state index in [1.54, 1.807) is 10.9 Å². The van der Waals surface area contributed by atoms with Gasteiger partial charge in [-0.1, -0.05) is 12.1 Å². The quantitative estimate of drug-likeness (QED) is 0.549. The number of aryl methyl sites for hydroxylation is 4. The van der Waals surface area contributed by atoms with Gasteiger partial charge in [0.2, 0.25) is 0 Å². The van der Waals surface area contributed by atoms with Gasteiger partial charge in [-0.25, -0.2) is 14.6 Å². The fraction of sp³-hybridized carbons (Fsp3) is 0.250. The molecule has 0 unspecified atom stereocenters. The van der Waals surface area contributed by atoms with E-state index in [0.29, 0.717) is 11.2 Å². The zero-order valence-electron chi connectivity index (χ0n) is 16.0. The third-order valence-electron chi connectivity index (χ3n) is 4.77. The van der Waals surface area contributed by atoms with E-state index in [1.807, 2.05) is 58.9 Å². The van der Waals surface area contributed by atoms with Crippen molar-refractivity contribution < 1.29 is 0 Å². The molecule has 0 aliphatic rings. The van der Waals surface area contributed by atoms with Gasteiger partial charge in [0.1, 0.15) is 5.52 Å². The lowest BCUT2D eigenvalue weighted by Gasteiger charge is -2.11. The van der Waals surface area contributed by atoms with E-state index in [2.05, 4.69) is 20.2 Å². The Morgan fingerprint density at radius 3 is 2.33 bits per heavy atom.